The fraction of sp³-hybridized carbons (Fsp3) is 0.529. The van der Waals surface area contributed by atoms with Gasteiger partial charge in [-0.2, -0.15) is 10.5 Å². The van der Waals surface area contributed by atoms with Crippen LogP contribution in [0.1, 0.15) is 36.5 Å². The Labute approximate surface area is 156 Å². The molecule has 0 atom stereocenters. The number of carbonyl (C=O) groups is 1. The molecule has 2 heterocycles. The molecule has 0 saturated carbocycles. The topological polar surface area (TPSA) is 122 Å². The van der Waals surface area contributed by atoms with Crippen LogP contribution in [0.15, 0.2) is 0 Å². The molecule has 1 aliphatic rings. The molecule has 26 heavy (non-hydrogen) atoms. The maximum absolute atomic E-state index is 10.4. The Morgan fingerprint density at radius 3 is 2.58 bits per heavy atom. The normalized spacial score (nSPS) is 14.5. The van der Waals surface area contributed by atoms with Crippen molar-refractivity contribution in [1.82, 2.24) is 10.3 Å². The van der Waals surface area contributed by atoms with E-state index in [2.05, 4.69) is 16.4 Å². The predicted molar refractivity (Wildman–Crippen MR) is 95.3 cm³/mol. The van der Waals surface area contributed by atoms with Crippen LogP contribution in [0.5, 0.6) is 0 Å². The Balaban J connectivity index is 2.05. The van der Waals surface area contributed by atoms with E-state index in [4.69, 9.17) is 21.4 Å². The molecule has 9 heteroatoms. The summed E-state index contributed by atoms with van der Waals surface area (Å²) in [6.45, 7) is 3.73. The summed E-state index contributed by atoms with van der Waals surface area (Å²) in [4.78, 5) is 16.7. The molecule has 0 bridgehead atoms. The largest absolute Gasteiger partial charge is 0.465 e. The molecule has 0 spiro atoms. The van der Waals surface area contributed by atoms with E-state index in [9.17, 15) is 15.3 Å². The van der Waals surface area contributed by atoms with E-state index in [0.29, 0.717) is 43.1 Å². The first-order valence-corrected chi connectivity index (χ1v) is 8.75. The minimum absolute atomic E-state index is 0.0341. The van der Waals surface area contributed by atoms with Crippen LogP contribution in [0.25, 0.3) is 0 Å². The van der Waals surface area contributed by atoms with Gasteiger partial charge in [-0.3, -0.25) is 0 Å². The van der Waals surface area contributed by atoms with Crippen LogP contribution in [-0.2, 0) is 11.2 Å². The van der Waals surface area contributed by atoms with E-state index in [1.165, 1.54) is 0 Å². The second kappa shape index (κ2) is 9.23. The summed E-state index contributed by atoms with van der Waals surface area (Å²) >= 11 is 6.15. The number of rotatable bonds is 6. The van der Waals surface area contributed by atoms with Crippen LogP contribution in [-0.4, -0.2) is 48.5 Å². The fourth-order valence-electron chi connectivity index (χ4n) is 3.02. The molecule has 1 saturated heterocycles. The summed E-state index contributed by atoms with van der Waals surface area (Å²) in [5, 5.41) is 29.7. The Bertz CT molecular complexity index is 748. The Kier molecular flexibility index (Phi) is 7.02. The van der Waals surface area contributed by atoms with E-state index in [1.807, 2.05) is 17.9 Å². The number of piperidine rings is 1. The molecule has 0 unspecified atom stereocenters. The van der Waals surface area contributed by atoms with Crippen molar-refractivity contribution in [2.75, 3.05) is 31.1 Å². The lowest BCUT2D eigenvalue weighted by molar-refractivity contribution is 0.0389. The molecule has 0 radical (unpaired) electrons. The summed E-state index contributed by atoms with van der Waals surface area (Å²) in [6.07, 6.45) is 0.962. The number of pyridine rings is 1. The van der Waals surface area contributed by atoms with Crippen molar-refractivity contribution >= 4 is 23.5 Å². The number of amides is 1. The molecule has 8 nitrogen and oxygen atoms in total. The number of nitrogens with zero attached hydrogens (tertiary/aromatic N) is 4. The van der Waals surface area contributed by atoms with Crippen LogP contribution in [0.2, 0.25) is 5.15 Å². The molecule has 1 aliphatic heterocycles. The van der Waals surface area contributed by atoms with Gasteiger partial charge in [0.1, 0.15) is 23.1 Å². The van der Waals surface area contributed by atoms with Crippen molar-refractivity contribution < 1.29 is 14.6 Å². The molecule has 2 N–H and O–H groups in total. The SMILES string of the molecule is CCc1c(C#N)c(Cl)nc(N2CCC(OCCNC(=O)O)CC2)c1C#N. The highest BCUT2D eigenvalue weighted by Crippen LogP contribution is 2.31. The molecule has 1 fully saturated rings. The zero-order chi connectivity index (χ0) is 19.1. The quantitative estimate of drug-likeness (QED) is 0.575. The number of anilines is 1. The number of hydrogen-bond acceptors (Lipinski definition) is 6. The first-order chi connectivity index (χ1) is 12.5. The third-order valence-corrected chi connectivity index (χ3v) is 4.56. The van der Waals surface area contributed by atoms with Gasteiger partial charge in [0.2, 0.25) is 0 Å². The van der Waals surface area contributed by atoms with Gasteiger partial charge in [-0.05, 0) is 24.8 Å². The van der Waals surface area contributed by atoms with Crippen molar-refractivity contribution in [3.63, 3.8) is 0 Å². The summed E-state index contributed by atoms with van der Waals surface area (Å²) < 4.78 is 5.67. The first-order valence-electron chi connectivity index (χ1n) is 8.37. The first kappa shape index (κ1) is 19.8. The van der Waals surface area contributed by atoms with Crippen molar-refractivity contribution in [3.05, 3.63) is 21.8 Å². The lowest BCUT2D eigenvalue weighted by Crippen LogP contribution is -2.39. The summed E-state index contributed by atoms with van der Waals surface area (Å²) in [5.41, 5.74) is 1.29. The smallest absolute Gasteiger partial charge is 0.404 e. The monoisotopic (exact) mass is 377 g/mol. The summed E-state index contributed by atoms with van der Waals surface area (Å²) in [7, 11) is 0. The number of carboxylic acid groups (broad SMARTS) is 1. The van der Waals surface area contributed by atoms with Crippen LogP contribution in [0.3, 0.4) is 0 Å². The molecule has 1 amide bonds. The zero-order valence-electron chi connectivity index (χ0n) is 14.5. The van der Waals surface area contributed by atoms with Crippen LogP contribution in [0.4, 0.5) is 10.6 Å². The highest BCUT2D eigenvalue weighted by molar-refractivity contribution is 6.30. The molecule has 0 aliphatic carbocycles. The Morgan fingerprint density at radius 2 is 2.04 bits per heavy atom. The van der Waals surface area contributed by atoms with E-state index >= 15 is 0 Å². The highest BCUT2D eigenvalue weighted by atomic mass is 35.5. The summed E-state index contributed by atoms with van der Waals surface area (Å²) in [6, 6.07) is 4.20. The summed E-state index contributed by atoms with van der Waals surface area (Å²) in [5.74, 6) is 0.513. The van der Waals surface area contributed by atoms with E-state index in [0.717, 1.165) is 12.8 Å². The number of halogens is 1. The van der Waals surface area contributed by atoms with Gasteiger partial charge in [0, 0.05) is 19.6 Å². The van der Waals surface area contributed by atoms with Gasteiger partial charge in [0.15, 0.2) is 0 Å². The molecular formula is C17H20ClN5O3. The van der Waals surface area contributed by atoms with Gasteiger partial charge in [-0.25, -0.2) is 9.78 Å². The fourth-order valence-corrected chi connectivity index (χ4v) is 3.26. The van der Waals surface area contributed by atoms with E-state index < -0.39 is 6.09 Å². The number of ether oxygens (including phenoxy) is 1. The van der Waals surface area contributed by atoms with Crippen LogP contribution in [0, 0.1) is 22.7 Å². The van der Waals surface area contributed by atoms with E-state index in [-0.39, 0.29) is 23.4 Å². The molecule has 0 aromatic carbocycles. The van der Waals surface area contributed by atoms with Crippen molar-refractivity contribution in [2.45, 2.75) is 32.3 Å². The second-order valence-corrected chi connectivity index (χ2v) is 6.18. The maximum atomic E-state index is 10.4. The second-order valence-electron chi connectivity index (χ2n) is 5.82. The molecule has 1 aromatic heterocycles. The molecule has 138 valence electrons. The maximum Gasteiger partial charge on any atom is 0.404 e. The van der Waals surface area contributed by atoms with Gasteiger partial charge in [-0.1, -0.05) is 18.5 Å². The average Bonchev–Trinajstić information content (AvgIpc) is 2.64. The number of aromatic nitrogens is 1. The lowest BCUT2D eigenvalue weighted by atomic mass is 10.0. The minimum Gasteiger partial charge on any atom is -0.465 e. The molecule has 2 rings (SSSR count). The predicted octanol–water partition coefficient (Wildman–Crippen LogP) is 2.29. The zero-order valence-corrected chi connectivity index (χ0v) is 15.2. The molecule has 1 aromatic rings. The average molecular weight is 378 g/mol. The highest BCUT2D eigenvalue weighted by Gasteiger charge is 2.26. The number of nitriles is 2. The van der Waals surface area contributed by atoms with Gasteiger partial charge in [0.05, 0.1) is 23.8 Å². The van der Waals surface area contributed by atoms with Gasteiger partial charge < -0.3 is 20.1 Å². The minimum atomic E-state index is -1.07. The Morgan fingerprint density at radius 1 is 1.38 bits per heavy atom. The van der Waals surface area contributed by atoms with Crippen LogP contribution >= 0.6 is 11.6 Å². The number of hydrogen-bond donors (Lipinski definition) is 2. The van der Waals surface area contributed by atoms with Gasteiger partial charge in [-0.15, -0.1) is 0 Å². The van der Waals surface area contributed by atoms with Crippen LogP contribution < -0.4 is 10.2 Å². The lowest BCUT2D eigenvalue weighted by Gasteiger charge is -2.33. The standard InChI is InChI=1S/C17H20ClN5O3/c1-2-12-13(9-19)15(18)22-16(14(12)10-20)23-6-3-11(4-7-23)26-8-5-21-17(24)25/h11,21H,2-8H2,1H3,(H,24,25). The van der Waals surface area contributed by atoms with E-state index in [1.54, 1.807) is 0 Å². The third kappa shape index (κ3) is 4.54. The van der Waals surface area contributed by atoms with Crippen molar-refractivity contribution in [3.8, 4) is 12.1 Å². The van der Waals surface area contributed by atoms with Crippen molar-refractivity contribution in [2.24, 2.45) is 0 Å². The number of nitrogens with one attached hydrogen (secondary N) is 1. The Hall–Kier alpha value is -2.55. The molecular weight excluding hydrogens is 358 g/mol. The van der Waals surface area contributed by atoms with Gasteiger partial charge in [0.25, 0.3) is 0 Å². The van der Waals surface area contributed by atoms with Gasteiger partial charge >= 0.3 is 6.09 Å². The third-order valence-electron chi connectivity index (χ3n) is 4.29. The van der Waals surface area contributed by atoms with Crippen molar-refractivity contribution in [1.29, 1.82) is 10.5 Å².